The smallest absolute Gasteiger partial charge is 0.248 e. The van der Waals surface area contributed by atoms with Gasteiger partial charge in [-0.2, -0.15) is 5.10 Å². The van der Waals surface area contributed by atoms with E-state index in [1.54, 1.807) is 43.9 Å². The number of rotatable bonds is 5. The average molecular weight is 379 g/mol. The van der Waals surface area contributed by atoms with E-state index in [1.807, 2.05) is 0 Å². The molecular formula is C15H27ClN4O3S. The molecule has 1 aromatic rings. The van der Waals surface area contributed by atoms with Crippen molar-refractivity contribution in [1.82, 2.24) is 20.4 Å². The van der Waals surface area contributed by atoms with E-state index in [2.05, 4.69) is 15.7 Å². The molecule has 1 aliphatic heterocycles. The topological polar surface area (TPSA) is 93.1 Å². The van der Waals surface area contributed by atoms with E-state index < -0.39 is 20.1 Å². The zero-order valence-corrected chi connectivity index (χ0v) is 16.0. The number of nitrogens with one attached hydrogen (secondary N) is 2. The quantitative estimate of drug-likeness (QED) is 0.787. The molecule has 1 aromatic heterocycles. The van der Waals surface area contributed by atoms with Crippen LogP contribution in [0.4, 0.5) is 0 Å². The van der Waals surface area contributed by atoms with Crippen molar-refractivity contribution in [2.45, 2.75) is 43.9 Å². The van der Waals surface area contributed by atoms with Gasteiger partial charge in [-0.05, 0) is 52.8 Å². The number of amides is 1. The first-order valence-corrected chi connectivity index (χ1v) is 9.56. The van der Waals surface area contributed by atoms with E-state index in [-0.39, 0.29) is 30.6 Å². The van der Waals surface area contributed by atoms with E-state index in [0.717, 1.165) is 13.1 Å². The van der Waals surface area contributed by atoms with Crippen molar-refractivity contribution in [3.8, 4) is 0 Å². The summed E-state index contributed by atoms with van der Waals surface area (Å²) >= 11 is 0. The molecule has 0 bridgehead atoms. The Morgan fingerprint density at radius 2 is 1.96 bits per heavy atom. The molecule has 0 aromatic carbocycles. The monoisotopic (exact) mass is 378 g/mol. The van der Waals surface area contributed by atoms with Gasteiger partial charge in [0.1, 0.15) is 5.54 Å². The van der Waals surface area contributed by atoms with E-state index in [1.165, 1.54) is 0 Å². The summed E-state index contributed by atoms with van der Waals surface area (Å²) in [7, 11) is -3.25. The van der Waals surface area contributed by atoms with Crippen molar-refractivity contribution < 1.29 is 13.2 Å². The molecule has 2 rings (SSSR count). The molecule has 1 aliphatic rings. The minimum atomic E-state index is -3.25. The number of carbonyl (C=O) groups excluding carboxylic acids is 1. The number of aromatic nitrogens is 2. The standard InChI is InChI=1S/C15H26N4O3S.ClH/c1-14(2,3)23(21,22)12-10-17-13(20)15(5-8-16-9-6-15)19-11-4-7-18-19;/h4,7,11,16H,5-6,8-10,12H2,1-3H3,(H,17,20);1H. The third kappa shape index (κ3) is 4.29. The van der Waals surface area contributed by atoms with Gasteiger partial charge in [0, 0.05) is 18.9 Å². The Labute approximate surface area is 149 Å². The number of hydrogen-bond acceptors (Lipinski definition) is 5. The fraction of sp³-hybridized carbons (Fsp3) is 0.733. The predicted molar refractivity (Wildman–Crippen MR) is 96.1 cm³/mol. The van der Waals surface area contributed by atoms with Crippen LogP contribution >= 0.6 is 12.4 Å². The fourth-order valence-electron chi connectivity index (χ4n) is 2.69. The van der Waals surface area contributed by atoms with E-state index >= 15 is 0 Å². The Morgan fingerprint density at radius 1 is 1.33 bits per heavy atom. The van der Waals surface area contributed by atoms with Crippen molar-refractivity contribution in [1.29, 1.82) is 0 Å². The summed E-state index contributed by atoms with van der Waals surface area (Å²) < 4.78 is 25.2. The summed E-state index contributed by atoms with van der Waals surface area (Å²) in [5.74, 6) is -0.220. The molecule has 138 valence electrons. The van der Waals surface area contributed by atoms with Crippen LogP contribution in [0.1, 0.15) is 33.6 Å². The Morgan fingerprint density at radius 3 is 2.46 bits per heavy atom. The third-order valence-corrected chi connectivity index (χ3v) is 6.99. The summed E-state index contributed by atoms with van der Waals surface area (Å²) in [5, 5.41) is 10.3. The van der Waals surface area contributed by atoms with Gasteiger partial charge in [0.15, 0.2) is 9.84 Å². The molecule has 1 fully saturated rings. The highest BCUT2D eigenvalue weighted by atomic mass is 35.5. The van der Waals surface area contributed by atoms with Crippen LogP contribution in [0, 0.1) is 0 Å². The summed E-state index contributed by atoms with van der Waals surface area (Å²) in [6, 6.07) is 1.79. The number of sulfone groups is 1. The maximum absolute atomic E-state index is 12.8. The first-order valence-electron chi connectivity index (χ1n) is 7.90. The van der Waals surface area contributed by atoms with Crippen LogP contribution in [0.5, 0.6) is 0 Å². The van der Waals surface area contributed by atoms with E-state index in [0.29, 0.717) is 12.8 Å². The van der Waals surface area contributed by atoms with Gasteiger partial charge in [-0.15, -0.1) is 12.4 Å². The molecule has 0 unspecified atom stereocenters. The van der Waals surface area contributed by atoms with Crippen molar-refractivity contribution in [3.05, 3.63) is 18.5 Å². The summed E-state index contributed by atoms with van der Waals surface area (Å²) in [6.07, 6.45) is 4.71. The Bertz CT molecular complexity index is 632. The molecule has 0 spiro atoms. The molecular weight excluding hydrogens is 352 g/mol. The van der Waals surface area contributed by atoms with Crippen LogP contribution in [0.25, 0.3) is 0 Å². The molecule has 2 heterocycles. The Balaban J connectivity index is 0.00000288. The second-order valence-electron chi connectivity index (χ2n) is 6.92. The van der Waals surface area contributed by atoms with Gasteiger partial charge in [-0.25, -0.2) is 8.42 Å². The molecule has 0 atom stereocenters. The first-order chi connectivity index (χ1) is 10.7. The molecule has 9 heteroatoms. The maximum atomic E-state index is 12.8. The SMILES string of the molecule is CC(C)(C)S(=O)(=O)CCNC(=O)C1(n2cccn2)CCNCC1.Cl. The highest BCUT2D eigenvalue weighted by Crippen LogP contribution is 2.27. The zero-order chi connectivity index (χ0) is 17.1. The van der Waals surface area contributed by atoms with E-state index in [9.17, 15) is 13.2 Å². The van der Waals surface area contributed by atoms with Crippen molar-refractivity contribution in [3.63, 3.8) is 0 Å². The van der Waals surface area contributed by atoms with Gasteiger partial charge in [0.25, 0.3) is 0 Å². The lowest BCUT2D eigenvalue weighted by Crippen LogP contribution is -2.55. The van der Waals surface area contributed by atoms with Gasteiger partial charge >= 0.3 is 0 Å². The molecule has 1 saturated heterocycles. The summed E-state index contributed by atoms with van der Waals surface area (Å²) in [5.41, 5.74) is -0.736. The number of nitrogens with zero attached hydrogens (tertiary/aromatic N) is 2. The highest BCUT2D eigenvalue weighted by molar-refractivity contribution is 7.92. The zero-order valence-electron chi connectivity index (χ0n) is 14.4. The van der Waals surface area contributed by atoms with Crippen LogP contribution in [0.3, 0.4) is 0 Å². The van der Waals surface area contributed by atoms with Gasteiger partial charge in [-0.1, -0.05) is 0 Å². The van der Waals surface area contributed by atoms with Crippen LogP contribution < -0.4 is 10.6 Å². The molecule has 0 radical (unpaired) electrons. The van der Waals surface area contributed by atoms with Crippen LogP contribution in [0.2, 0.25) is 0 Å². The van der Waals surface area contributed by atoms with Gasteiger partial charge in [0.05, 0.1) is 10.5 Å². The van der Waals surface area contributed by atoms with Crippen LogP contribution in [-0.2, 0) is 20.2 Å². The average Bonchev–Trinajstić information content (AvgIpc) is 3.01. The lowest BCUT2D eigenvalue weighted by atomic mass is 9.87. The van der Waals surface area contributed by atoms with Crippen LogP contribution in [-0.4, -0.2) is 54.2 Å². The minimum absolute atomic E-state index is 0. The molecule has 2 N–H and O–H groups in total. The lowest BCUT2D eigenvalue weighted by Gasteiger charge is -2.36. The highest BCUT2D eigenvalue weighted by Gasteiger charge is 2.42. The number of halogens is 1. The fourth-order valence-corrected chi connectivity index (χ4v) is 3.68. The summed E-state index contributed by atoms with van der Waals surface area (Å²) in [6.45, 7) is 6.59. The third-order valence-electron chi connectivity index (χ3n) is 4.39. The Kier molecular flexibility index (Phi) is 6.84. The minimum Gasteiger partial charge on any atom is -0.353 e. The molecule has 0 saturated carbocycles. The summed E-state index contributed by atoms with van der Waals surface area (Å²) in [4.78, 5) is 12.8. The van der Waals surface area contributed by atoms with Gasteiger partial charge < -0.3 is 10.6 Å². The predicted octanol–water partition coefficient (Wildman–Crippen LogP) is 0.713. The largest absolute Gasteiger partial charge is 0.353 e. The number of hydrogen-bond donors (Lipinski definition) is 2. The molecule has 1 amide bonds. The Hall–Kier alpha value is -1.12. The van der Waals surface area contributed by atoms with Crippen molar-refractivity contribution in [2.24, 2.45) is 0 Å². The van der Waals surface area contributed by atoms with Crippen LogP contribution in [0.15, 0.2) is 18.5 Å². The van der Waals surface area contributed by atoms with Gasteiger partial charge in [0.2, 0.25) is 5.91 Å². The second kappa shape index (κ2) is 7.84. The first kappa shape index (κ1) is 20.9. The number of piperidine rings is 1. The van der Waals surface area contributed by atoms with Crippen molar-refractivity contribution in [2.75, 3.05) is 25.4 Å². The number of carbonyl (C=O) groups is 1. The molecule has 24 heavy (non-hydrogen) atoms. The lowest BCUT2D eigenvalue weighted by molar-refractivity contribution is -0.131. The second-order valence-corrected chi connectivity index (χ2v) is 9.78. The van der Waals surface area contributed by atoms with Gasteiger partial charge in [-0.3, -0.25) is 9.48 Å². The van der Waals surface area contributed by atoms with Crippen molar-refractivity contribution >= 4 is 28.2 Å². The van der Waals surface area contributed by atoms with E-state index in [4.69, 9.17) is 0 Å². The normalized spacial score (nSPS) is 17.8. The maximum Gasteiger partial charge on any atom is 0.248 e. The molecule has 0 aliphatic carbocycles. The molecule has 7 nitrogen and oxygen atoms in total.